The maximum absolute atomic E-state index is 12.4. The maximum atomic E-state index is 12.4. The Labute approximate surface area is 106 Å². The van der Waals surface area contributed by atoms with Gasteiger partial charge in [0.15, 0.2) is 5.78 Å². The predicted octanol–water partition coefficient (Wildman–Crippen LogP) is 4.19. The highest BCUT2D eigenvalue weighted by Gasteiger charge is 2.15. The van der Waals surface area contributed by atoms with E-state index in [0.717, 1.165) is 11.1 Å². The van der Waals surface area contributed by atoms with Gasteiger partial charge in [0.1, 0.15) is 0 Å². The molecule has 0 spiro atoms. The highest BCUT2D eigenvalue weighted by Crippen LogP contribution is 2.24. The van der Waals surface area contributed by atoms with Crippen LogP contribution in [0.2, 0.25) is 5.02 Å². The second-order valence-corrected chi connectivity index (χ2v) is 4.47. The van der Waals surface area contributed by atoms with Crippen LogP contribution in [0.5, 0.6) is 0 Å². The van der Waals surface area contributed by atoms with Crippen LogP contribution in [0, 0.1) is 13.8 Å². The summed E-state index contributed by atoms with van der Waals surface area (Å²) in [6.07, 6.45) is 0. The van der Waals surface area contributed by atoms with Crippen LogP contribution < -0.4 is 0 Å². The second kappa shape index (κ2) is 4.72. The molecular formula is C15H13ClO. The van der Waals surface area contributed by atoms with Crippen molar-refractivity contribution in [3.8, 4) is 0 Å². The molecule has 2 rings (SSSR count). The van der Waals surface area contributed by atoms with E-state index in [4.69, 9.17) is 11.6 Å². The molecule has 0 radical (unpaired) electrons. The van der Waals surface area contributed by atoms with Crippen LogP contribution in [0.1, 0.15) is 27.0 Å². The molecule has 0 bridgehead atoms. The van der Waals surface area contributed by atoms with Crippen LogP contribution in [0.25, 0.3) is 0 Å². The molecule has 0 aliphatic carbocycles. The average molecular weight is 245 g/mol. The summed E-state index contributed by atoms with van der Waals surface area (Å²) in [5.74, 6) is 0.0306. The zero-order chi connectivity index (χ0) is 12.4. The van der Waals surface area contributed by atoms with Gasteiger partial charge >= 0.3 is 0 Å². The minimum atomic E-state index is 0.0306. The molecule has 0 fully saturated rings. The monoisotopic (exact) mass is 244 g/mol. The Morgan fingerprint density at radius 1 is 1.00 bits per heavy atom. The highest BCUT2D eigenvalue weighted by atomic mass is 35.5. The Hall–Kier alpha value is -1.60. The number of hydrogen-bond acceptors (Lipinski definition) is 1. The van der Waals surface area contributed by atoms with E-state index in [1.54, 1.807) is 0 Å². The van der Waals surface area contributed by atoms with E-state index in [1.807, 2.05) is 56.3 Å². The minimum Gasteiger partial charge on any atom is -0.289 e. The third-order valence-electron chi connectivity index (χ3n) is 2.87. The van der Waals surface area contributed by atoms with Gasteiger partial charge in [-0.25, -0.2) is 0 Å². The summed E-state index contributed by atoms with van der Waals surface area (Å²) in [5.41, 5.74) is 3.21. The number of rotatable bonds is 2. The lowest BCUT2D eigenvalue weighted by Crippen LogP contribution is -2.06. The van der Waals surface area contributed by atoms with Crippen LogP contribution in [0.15, 0.2) is 42.5 Å². The van der Waals surface area contributed by atoms with E-state index >= 15 is 0 Å². The van der Waals surface area contributed by atoms with Gasteiger partial charge in [0.2, 0.25) is 0 Å². The van der Waals surface area contributed by atoms with Crippen molar-refractivity contribution in [2.24, 2.45) is 0 Å². The van der Waals surface area contributed by atoms with Crippen LogP contribution in [-0.2, 0) is 0 Å². The standard InChI is InChI=1S/C15H13ClO/c1-10-8-9-13(16)11(2)14(10)15(17)12-6-4-3-5-7-12/h3-9H,1-2H3. The fourth-order valence-corrected chi connectivity index (χ4v) is 2.06. The van der Waals surface area contributed by atoms with Gasteiger partial charge in [-0.05, 0) is 31.0 Å². The van der Waals surface area contributed by atoms with Crippen molar-refractivity contribution in [3.05, 3.63) is 69.7 Å². The molecule has 0 saturated heterocycles. The van der Waals surface area contributed by atoms with Crippen LogP contribution in [0.3, 0.4) is 0 Å². The maximum Gasteiger partial charge on any atom is 0.193 e. The molecule has 0 atom stereocenters. The topological polar surface area (TPSA) is 17.1 Å². The van der Waals surface area contributed by atoms with E-state index in [0.29, 0.717) is 16.1 Å². The molecule has 86 valence electrons. The SMILES string of the molecule is Cc1ccc(Cl)c(C)c1C(=O)c1ccccc1. The summed E-state index contributed by atoms with van der Waals surface area (Å²) in [6.45, 7) is 3.81. The number of benzene rings is 2. The molecule has 0 N–H and O–H groups in total. The molecule has 0 aliphatic heterocycles. The lowest BCUT2D eigenvalue weighted by molar-refractivity contribution is 0.103. The molecule has 17 heavy (non-hydrogen) atoms. The second-order valence-electron chi connectivity index (χ2n) is 4.06. The smallest absolute Gasteiger partial charge is 0.193 e. The first-order chi connectivity index (χ1) is 8.11. The van der Waals surface area contributed by atoms with Gasteiger partial charge in [-0.1, -0.05) is 48.0 Å². The van der Waals surface area contributed by atoms with Crippen molar-refractivity contribution < 1.29 is 4.79 Å². The Bertz CT molecular complexity index is 559. The molecule has 0 amide bonds. The van der Waals surface area contributed by atoms with Gasteiger partial charge in [-0.15, -0.1) is 0 Å². The molecule has 0 saturated carbocycles. The number of aryl methyl sites for hydroxylation is 1. The number of carbonyl (C=O) groups excluding carboxylic acids is 1. The van der Waals surface area contributed by atoms with E-state index in [2.05, 4.69) is 0 Å². The predicted molar refractivity (Wildman–Crippen MR) is 70.8 cm³/mol. The largest absolute Gasteiger partial charge is 0.289 e. The van der Waals surface area contributed by atoms with Gasteiger partial charge in [0.25, 0.3) is 0 Å². The van der Waals surface area contributed by atoms with Gasteiger partial charge in [-0.2, -0.15) is 0 Å². The normalized spacial score (nSPS) is 10.3. The summed E-state index contributed by atoms with van der Waals surface area (Å²) in [4.78, 5) is 12.4. The Balaban J connectivity index is 2.56. The third kappa shape index (κ3) is 2.25. The van der Waals surface area contributed by atoms with Crippen molar-refractivity contribution in [3.63, 3.8) is 0 Å². The van der Waals surface area contributed by atoms with Crippen LogP contribution in [0.4, 0.5) is 0 Å². The summed E-state index contributed by atoms with van der Waals surface area (Å²) >= 11 is 6.07. The van der Waals surface area contributed by atoms with Gasteiger partial charge in [0.05, 0.1) is 0 Å². The van der Waals surface area contributed by atoms with Gasteiger partial charge in [0, 0.05) is 16.1 Å². The van der Waals surface area contributed by atoms with Crippen molar-refractivity contribution in [2.75, 3.05) is 0 Å². The quantitative estimate of drug-likeness (QED) is 0.724. The Morgan fingerprint density at radius 3 is 2.29 bits per heavy atom. The summed E-state index contributed by atoms with van der Waals surface area (Å²) in [7, 11) is 0. The van der Waals surface area contributed by atoms with E-state index < -0.39 is 0 Å². The third-order valence-corrected chi connectivity index (χ3v) is 3.28. The number of ketones is 1. The molecule has 0 heterocycles. The highest BCUT2D eigenvalue weighted by molar-refractivity contribution is 6.32. The lowest BCUT2D eigenvalue weighted by Gasteiger charge is -2.10. The van der Waals surface area contributed by atoms with Gasteiger partial charge in [-0.3, -0.25) is 4.79 Å². The van der Waals surface area contributed by atoms with E-state index in [-0.39, 0.29) is 5.78 Å². The summed E-state index contributed by atoms with van der Waals surface area (Å²) in [5, 5.41) is 0.634. The van der Waals surface area contributed by atoms with E-state index in [9.17, 15) is 4.79 Å². The fourth-order valence-electron chi connectivity index (χ4n) is 1.90. The van der Waals surface area contributed by atoms with Crippen molar-refractivity contribution >= 4 is 17.4 Å². The molecule has 2 aromatic rings. The molecule has 2 heteroatoms. The fraction of sp³-hybridized carbons (Fsp3) is 0.133. The average Bonchev–Trinajstić information content (AvgIpc) is 2.35. The van der Waals surface area contributed by atoms with Crippen molar-refractivity contribution in [1.29, 1.82) is 0 Å². The lowest BCUT2D eigenvalue weighted by atomic mass is 9.95. The molecule has 1 nitrogen and oxygen atoms in total. The van der Waals surface area contributed by atoms with Gasteiger partial charge < -0.3 is 0 Å². The van der Waals surface area contributed by atoms with Crippen molar-refractivity contribution in [1.82, 2.24) is 0 Å². The molecule has 2 aromatic carbocycles. The molecule has 0 unspecified atom stereocenters. The minimum absolute atomic E-state index is 0.0306. The van der Waals surface area contributed by atoms with Crippen LogP contribution >= 0.6 is 11.6 Å². The summed E-state index contributed by atoms with van der Waals surface area (Å²) < 4.78 is 0. The van der Waals surface area contributed by atoms with Crippen LogP contribution in [-0.4, -0.2) is 5.78 Å². The number of hydrogen-bond donors (Lipinski definition) is 0. The Morgan fingerprint density at radius 2 is 1.65 bits per heavy atom. The first kappa shape index (κ1) is 11.9. The Kier molecular flexibility index (Phi) is 3.30. The number of carbonyl (C=O) groups is 1. The zero-order valence-corrected chi connectivity index (χ0v) is 10.6. The number of halogens is 1. The first-order valence-electron chi connectivity index (χ1n) is 5.46. The summed E-state index contributed by atoms with van der Waals surface area (Å²) in [6, 6.07) is 13.0. The molecule has 0 aliphatic rings. The first-order valence-corrected chi connectivity index (χ1v) is 5.84. The molecule has 0 aromatic heterocycles. The zero-order valence-electron chi connectivity index (χ0n) is 9.83. The van der Waals surface area contributed by atoms with E-state index in [1.165, 1.54) is 0 Å². The van der Waals surface area contributed by atoms with Crippen molar-refractivity contribution in [2.45, 2.75) is 13.8 Å². The molecular weight excluding hydrogens is 232 g/mol.